The molecule has 0 fully saturated rings. The van der Waals surface area contributed by atoms with Gasteiger partial charge in [0.15, 0.2) is 0 Å². The van der Waals surface area contributed by atoms with Gasteiger partial charge in [-0.2, -0.15) is 0 Å². The normalized spacial score (nSPS) is 12.9. The highest BCUT2D eigenvalue weighted by molar-refractivity contribution is 6.30. The maximum absolute atomic E-state index is 12.5. The maximum atomic E-state index is 12.5. The van der Waals surface area contributed by atoms with E-state index in [0.717, 1.165) is 11.3 Å². The van der Waals surface area contributed by atoms with Crippen LogP contribution in [-0.4, -0.2) is 37.2 Å². The van der Waals surface area contributed by atoms with Crippen LogP contribution in [0.1, 0.15) is 26.3 Å². The number of carbonyl (C=O) groups is 2. The second-order valence-corrected chi connectivity index (χ2v) is 7.68. The van der Waals surface area contributed by atoms with Gasteiger partial charge in [-0.05, 0) is 54.6 Å². The molecule has 0 saturated heterocycles. The van der Waals surface area contributed by atoms with Crippen molar-refractivity contribution in [1.82, 2.24) is 0 Å². The number of hydrogen-bond acceptors (Lipinski definition) is 5. The molecule has 0 radical (unpaired) electrons. The van der Waals surface area contributed by atoms with Crippen molar-refractivity contribution in [1.29, 1.82) is 0 Å². The molecule has 1 aliphatic heterocycles. The Morgan fingerprint density at radius 2 is 1.88 bits per heavy atom. The van der Waals surface area contributed by atoms with Crippen LogP contribution in [0.5, 0.6) is 11.5 Å². The zero-order chi connectivity index (χ0) is 22.7. The van der Waals surface area contributed by atoms with E-state index in [-0.39, 0.29) is 11.5 Å². The first-order chi connectivity index (χ1) is 15.4. The molecule has 164 valence electrons. The fourth-order valence-electron chi connectivity index (χ4n) is 3.55. The highest BCUT2D eigenvalue weighted by Gasteiger charge is 2.22. The molecule has 3 aromatic rings. The van der Waals surface area contributed by atoms with Crippen molar-refractivity contribution in [3.8, 4) is 11.5 Å². The molecule has 0 aromatic heterocycles. The number of carboxylic acids is 1. The Hall–Kier alpha value is -3.71. The fraction of sp³-hybridized carbons (Fsp3) is 0.167. The Labute approximate surface area is 190 Å². The fourth-order valence-corrected chi connectivity index (χ4v) is 3.67. The number of carbonyl (C=O) groups excluding carboxylic acids is 1. The minimum absolute atomic E-state index is 0.0934. The molecule has 0 saturated carbocycles. The van der Waals surface area contributed by atoms with E-state index in [1.54, 1.807) is 43.5 Å². The first kappa shape index (κ1) is 21.5. The van der Waals surface area contributed by atoms with Gasteiger partial charge in [0.1, 0.15) is 18.1 Å². The van der Waals surface area contributed by atoms with Crippen LogP contribution in [0.4, 0.5) is 11.4 Å². The molecule has 0 bridgehead atoms. The average molecular weight is 453 g/mol. The second-order valence-electron chi connectivity index (χ2n) is 7.24. The number of benzene rings is 3. The number of hydrogen-bond donors (Lipinski definition) is 2. The third-order valence-electron chi connectivity index (χ3n) is 5.19. The smallest absolute Gasteiger partial charge is 0.337 e. The first-order valence-corrected chi connectivity index (χ1v) is 10.3. The summed E-state index contributed by atoms with van der Waals surface area (Å²) >= 11 is 5.86. The van der Waals surface area contributed by atoms with Crippen LogP contribution in [0.3, 0.4) is 0 Å². The van der Waals surface area contributed by atoms with Gasteiger partial charge in [0.05, 0.1) is 24.9 Å². The van der Waals surface area contributed by atoms with Gasteiger partial charge in [-0.15, -0.1) is 0 Å². The van der Waals surface area contributed by atoms with E-state index in [4.69, 9.17) is 21.1 Å². The molecule has 7 nitrogen and oxygen atoms in total. The number of carboxylic acid groups (broad SMARTS) is 1. The van der Waals surface area contributed by atoms with E-state index in [2.05, 4.69) is 5.32 Å². The highest BCUT2D eigenvalue weighted by Crippen LogP contribution is 2.32. The minimum Gasteiger partial charge on any atom is -0.497 e. The van der Waals surface area contributed by atoms with Gasteiger partial charge in [0, 0.05) is 34.4 Å². The molecular weight excluding hydrogens is 432 g/mol. The highest BCUT2D eigenvalue weighted by atomic mass is 35.5. The summed E-state index contributed by atoms with van der Waals surface area (Å²) in [5.74, 6) is -0.0145. The van der Waals surface area contributed by atoms with Gasteiger partial charge >= 0.3 is 5.97 Å². The quantitative estimate of drug-likeness (QED) is 0.583. The molecule has 1 aliphatic rings. The Balaban J connectivity index is 1.59. The molecule has 0 aliphatic carbocycles. The lowest BCUT2D eigenvalue weighted by atomic mass is 10.1. The number of aromatic carboxylic acids is 1. The molecule has 3 aromatic carbocycles. The number of nitrogens with one attached hydrogen (secondary N) is 1. The van der Waals surface area contributed by atoms with Crippen molar-refractivity contribution in [2.75, 3.05) is 30.5 Å². The van der Waals surface area contributed by atoms with Crippen LogP contribution in [0.25, 0.3) is 0 Å². The lowest BCUT2D eigenvalue weighted by Crippen LogP contribution is -2.27. The van der Waals surface area contributed by atoms with Crippen LogP contribution in [-0.2, 0) is 6.54 Å². The van der Waals surface area contributed by atoms with Crippen molar-refractivity contribution < 1.29 is 24.2 Å². The molecule has 32 heavy (non-hydrogen) atoms. The van der Waals surface area contributed by atoms with Crippen LogP contribution < -0.4 is 19.7 Å². The Bertz CT molecular complexity index is 1160. The summed E-state index contributed by atoms with van der Waals surface area (Å²) in [6.07, 6.45) is 0. The lowest BCUT2D eigenvalue weighted by Gasteiger charge is -2.24. The van der Waals surface area contributed by atoms with Crippen LogP contribution in [0.2, 0.25) is 5.02 Å². The minimum atomic E-state index is -1.08. The van der Waals surface area contributed by atoms with Crippen molar-refractivity contribution in [3.05, 3.63) is 82.4 Å². The zero-order valence-electron chi connectivity index (χ0n) is 17.3. The number of anilines is 2. The van der Waals surface area contributed by atoms with Crippen molar-refractivity contribution in [3.63, 3.8) is 0 Å². The van der Waals surface area contributed by atoms with E-state index in [0.29, 0.717) is 47.4 Å². The predicted molar refractivity (Wildman–Crippen MR) is 122 cm³/mol. The second kappa shape index (κ2) is 9.20. The third kappa shape index (κ3) is 4.63. The number of amides is 1. The Morgan fingerprint density at radius 3 is 2.59 bits per heavy atom. The number of nitrogens with zero attached hydrogens (tertiary/aromatic N) is 1. The van der Waals surface area contributed by atoms with E-state index < -0.39 is 5.97 Å². The zero-order valence-corrected chi connectivity index (χ0v) is 18.1. The van der Waals surface area contributed by atoms with Crippen molar-refractivity contribution >= 4 is 34.9 Å². The molecular formula is C24H21ClN2O5. The molecule has 1 heterocycles. The summed E-state index contributed by atoms with van der Waals surface area (Å²) < 4.78 is 11.1. The van der Waals surface area contributed by atoms with E-state index >= 15 is 0 Å². The summed E-state index contributed by atoms with van der Waals surface area (Å²) in [4.78, 5) is 26.5. The van der Waals surface area contributed by atoms with Gasteiger partial charge in [-0.25, -0.2) is 4.79 Å². The lowest BCUT2D eigenvalue weighted by molar-refractivity contribution is 0.0697. The van der Waals surface area contributed by atoms with E-state index in [1.807, 2.05) is 23.1 Å². The van der Waals surface area contributed by atoms with Gasteiger partial charge < -0.3 is 24.8 Å². The molecule has 0 atom stereocenters. The SMILES string of the molecule is COc1ccc2c(c1)OCCN(c1ccc(NC(=O)c3ccc(Cl)cc3)cc1C(=O)O)C2. The summed E-state index contributed by atoms with van der Waals surface area (Å²) in [7, 11) is 1.59. The largest absolute Gasteiger partial charge is 0.497 e. The number of methoxy groups -OCH3 is 1. The summed E-state index contributed by atoms with van der Waals surface area (Å²) in [5, 5.41) is 13.1. The number of halogens is 1. The van der Waals surface area contributed by atoms with Gasteiger partial charge in [-0.1, -0.05) is 11.6 Å². The number of ether oxygens (including phenoxy) is 2. The summed E-state index contributed by atoms with van der Waals surface area (Å²) in [6.45, 7) is 1.39. The number of fused-ring (bicyclic) bond motifs is 1. The molecule has 0 unspecified atom stereocenters. The van der Waals surface area contributed by atoms with Crippen LogP contribution in [0, 0.1) is 0 Å². The third-order valence-corrected chi connectivity index (χ3v) is 5.44. The van der Waals surface area contributed by atoms with Crippen molar-refractivity contribution in [2.45, 2.75) is 6.54 Å². The monoisotopic (exact) mass is 452 g/mol. The van der Waals surface area contributed by atoms with Crippen LogP contribution in [0.15, 0.2) is 60.7 Å². The summed E-state index contributed by atoms with van der Waals surface area (Å²) in [6, 6.07) is 16.9. The summed E-state index contributed by atoms with van der Waals surface area (Å²) in [5.41, 5.74) is 2.39. The van der Waals surface area contributed by atoms with E-state index in [1.165, 1.54) is 6.07 Å². The van der Waals surface area contributed by atoms with Gasteiger partial charge in [0.2, 0.25) is 0 Å². The Kier molecular flexibility index (Phi) is 6.18. The molecule has 2 N–H and O–H groups in total. The standard InChI is InChI=1S/C24H21ClN2O5/c1-31-19-8-4-16-14-27(10-11-32-22(16)13-19)21-9-7-18(12-20(21)24(29)30)26-23(28)15-2-5-17(25)6-3-15/h2-9,12-13H,10-11,14H2,1H3,(H,26,28)(H,29,30). The van der Waals surface area contributed by atoms with Gasteiger partial charge in [-0.3, -0.25) is 4.79 Å². The molecule has 4 rings (SSSR count). The van der Waals surface area contributed by atoms with Crippen LogP contribution >= 0.6 is 11.6 Å². The van der Waals surface area contributed by atoms with Crippen molar-refractivity contribution in [2.24, 2.45) is 0 Å². The molecule has 0 spiro atoms. The first-order valence-electron chi connectivity index (χ1n) is 9.93. The molecule has 8 heteroatoms. The predicted octanol–water partition coefficient (Wildman–Crippen LogP) is 4.70. The molecule has 1 amide bonds. The Morgan fingerprint density at radius 1 is 1.09 bits per heavy atom. The topological polar surface area (TPSA) is 88.1 Å². The number of rotatable bonds is 5. The average Bonchev–Trinajstić information content (AvgIpc) is 3.01. The maximum Gasteiger partial charge on any atom is 0.337 e. The van der Waals surface area contributed by atoms with Gasteiger partial charge in [0.25, 0.3) is 5.91 Å². The van der Waals surface area contributed by atoms with E-state index in [9.17, 15) is 14.7 Å².